The van der Waals surface area contributed by atoms with Crippen LogP contribution < -0.4 is 0 Å². The topological polar surface area (TPSA) is 43.4 Å². The molecule has 5 aliphatic rings. The van der Waals surface area contributed by atoms with Gasteiger partial charge in [0.1, 0.15) is 11.9 Å². The number of Topliss-reactive ketones (excluding diaryl/α,β-unsaturated/α-hetero) is 1. The molecule has 0 aromatic rings. The van der Waals surface area contributed by atoms with E-state index in [1.54, 1.807) is 12.5 Å². The zero-order valence-corrected chi connectivity index (χ0v) is 23.9. The highest BCUT2D eigenvalue weighted by atomic mass is 16.5. The van der Waals surface area contributed by atoms with Gasteiger partial charge in [0.25, 0.3) is 0 Å². The summed E-state index contributed by atoms with van der Waals surface area (Å²) in [6.45, 7) is 21.0. The highest BCUT2D eigenvalue weighted by molar-refractivity contribution is 5.86. The maximum Gasteiger partial charge on any atom is 0.302 e. The van der Waals surface area contributed by atoms with Gasteiger partial charge in [-0.15, -0.1) is 0 Å². The van der Waals surface area contributed by atoms with Crippen LogP contribution in [0.15, 0.2) is 11.6 Å². The summed E-state index contributed by atoms with van der Waals surface area (Å²) in [4.78, 5) is 25.6. The van der Waals surface area contributed by atoms with Crippen LogP contribution in [0.1, 0.15) is 114 Å². The Morgan fingerprint density at radius 1 is 0.971 bits per heavy atom. The molecule has 0 aliphatic heterocycles. The van der Waals surface area contributed by atoms with Crippen LogP contribution in [0, 0.1) is 56.7 Å². The predicted octanol–water partition coefficient (Wildman–Crippen LogP) is 7.77. The van der Waals surface area contributed by atoms with Crippen LogP contribution in [-0.2, 0) is 14.3 Å². The Bertz CT molecular complexity index is 960. The van der Waals surface area contributed by atoms with Gasteiger partial charge in [0.15, 0.2) is 0 Å². The minimum absolute atomic E-state index is 0.0131. The molecule has 35 heavy (non-hydrogen) atoms. The first-order chi connectivity index (χ1) is 16.1. The Hall–Kier alpha value is -1.12. The molecule has 0 amide bonds. The second-order valence-corrected chi connectivity index (χ2v) is 15.2. The van der Waals surface area contributed by atoms with Crippen LogP contribution in [-0.4, -0.2) is 17.9 Å². The quantitative estimate of drug-likeness (QED) is 0.298. The number of esters is 1. The first-order valence-corrected chi connectivity index (χ1v) is 14.5. The van der Waals surface area contributed by atoms with Crippen molar-refractivity contribution in [2.75, 3.05) is 0 Å². The summed E-state index contributed by atoms with van der Waals surface area (Å²) in [5, 5.41) is 0. The molecule has 0 aromatic carbocycles. The predicted molar refractivity (Wildman–Crippen MR) is 141 cm³/mol. The molecular weight excluding hydrogens is 432 g/mol. The Kier molecular flexibility index (Phi) is 5.62. The van der Waals surface area contributed by atoms with E-state index in [1.807, 2.05) is 0 Å². The number of rotatable bonds is 2. The fourth-order valence-electron chi connectivity index (χ4n) is 11.3. The molecule has 0 radical (unpaired) electrons. The monoisotopic (exact) mass is 482 g/mol. The lowest BCUT2D eigenvalue weighted by Crippen LogP contribution is -2.63. The number of ketones is 1. The lowest BCUT2D eigenvalue weighted by molar-refractivity contribution is -0.181. The summed E-state index contributed by atoms with van der Waals surface area (Å²) in [5.74, 6) is 2.79. The number of allylic oxidation sites excluding steroid dienone is 2. The average molecular weight is 483 g/mol. The molecule has 0 bridgehead atoms. The standard InChI is InChI=1S/C32H50O3/c1-19(2)23-18-24(34)27-30(23,7)16-17-31(8)22-10-11-25-28(4,5)26(35-20(3)33)13-14-29(25,6)21(22)12-15-32(27,31)9/h12,19,22-23,25-27H,10-11,13-18H2,1-9H3/t22-,23+,25-,26-,27+,29+,30+,31+,32-/m0/s1. The van der Waals surface area contributed by atoms with E-state index in [0.29, 0.717) is 29.5 Å². The molecule has 4 fully saturated rings. The molecule has 0 N–H and O–H groups in total. The maximum atomic E-state index is 13.7. The second-order valence-electron chi connectivity index (χ2n) is 15.2. The zero-order chi connectivity index (χ0) is 25.8. The van der Waals surface area contributed by atoms with Crippen LogP contribution in [0.2, 0.25) is 0 Å². The number of carbonyl (C=O) groups excluding carboxylic acids is 2. The summed E-state index contributed by atoms with van der Waals surface area (Å²) in [7, 11) is 0. The van der Waals surface area contributed by atoms with Gasteiger partial charge >= 0.3 is 5.97 Å². The normalized spacial score (nSPS) is 50.5. The van der Waals surface area contributed by atoms with Crippen LogP contribution in [0.5, 0.6) is 0 Å². The smallest absolute Gasteiger partial charge is 0.302 e. The van der Waals surface area contributed by atoms with Gasteiger partial charge in [0.2, 0.25) is 0 Å². The molecule has 0 spiro atoms. The molecule has 5 aliphatic carbocycles. The third kappa shape index (κ3) is 3.14. The van der Waals surface area contributed by atoms with Gasteiger partial charge in [-0.2, -0.15) is 0 Å². The highest BCUT2D eigenvalue weighted by Crippen LogP contribution is 2.75. The van der Waals surface area contributed by atoms with Crippen LogP contribution in [0.3, 0.4) is 0 Å². The number of hydrogen-bond donors (Lipinski definition) is 0. The van der Waals surface area contributed by atoms with Crippen molar-refractivity contribution in [3.63, 3.8) is 0 Å². The van der Waals surface area contributed by atoms with Crippen molar-refractivity contribution in [1.82, 2.24) is 0 Å². The van der Waals surface area contributed by atoms with Gasteiger partial charge in [-0.05, 0) is 90.3 Å². The average Bonchev–Trinajstić information content (AvgIpc) is 3.03. The third-order valence-electron chi connectivity index (χ3n) is 13.2. The third-order valence-corrected chi connectivity index (χ3v) is 13.2. The number of hydrogen-bond acceptors (Lipinski definition) is 3. The van der Waals surface area contributed by atoms with Crippen molar-refractivity contribution in [1.29, 1.82) is 0 Å². The fraction of sp³-hybridized carbons (Fsp3) is 0.875. The number of carbonyl (C=O) groups is 2. The summed E-state index contributed by atoms with van der Waals surface area (Å²) in [5.41, 5.74) is 2.20. The first-order valence-electron chi connectivity index (χ1n) is 14.5. The maximum absolute atomic E-state index is 13.7. The first kappa shape index (κ1) is 25.5. The minimum atomic E-state index is -0.147. The van der Waals surface area contributed by atoms with Crippen molar-refractivity contribution in [2.45, 2.75) is 120 Å². The van der Waals surface area contributed by atoms with Gasteiger partial charge in [0, 0.05) is 24.7 Å². The Labute approximate surface area is 214 Å². The summed E-state index contributed by atoms with van der Waals surface area (Å²) < 4.78 is 5.86. The Morgan fingerprint density at radius 3 is 2.29 bits per heavy atom. The summed E-state index contributed by atoms with van der Waals surface area (Å²) >= 11 is 0. The molecule has 5 rings (SSSR count). The van der Waals surface area contributed by atoms with Crippen molar-refractivity contribution in [3.05, 3.63) is 11.6 Å². The van der Waals surface area contributed by atoms with Crippen LogP contribution in [0.4, 0.5) is 0 Å². The molecule has 3 heteroatoms. The second kappa shape index (κ2) is 7.70. The largest absolute Gasteiger partial charge is 0.462 e. The molecule has 0 aromatic heterocycles. The molecule has 0 saturated heterocycles. The highest BCUT2D eigenvalue weighted by Gasteiger charge is 2.70. The molecular formula is C32H50O3. The van der Waals surface area contributed by atoms with Crippen molar-refractivity contribution < 1.29 is 14.3 Å². The molecule has 4 saturated carbocycles. The molecule has 0 unspecified atom stereocenters. The Balaban J connectivity index is 1.54. The van der Waals surface area contributed by atoms with Crippen LogP contribution in [0.25, 0.3) is 0 Å². The zero-order valence-electron chi connectivity index (χ0n) is 23.9. The van der Waals surface area contributed by atoms with Crippen molar-refractivity contribution in [2.24, 2.45) is 56.7 Å². The van der Waals surface area contributed by atoms with Gasteiger partial charge in [-0.3, -0.25) is 9.59 Å². The van der Waals surface area contributed by atoms with Crippen molar-refractivity contribution in [3.8, 4) is 0 Å². The lowest BCUT2D eigenvalue weighted by atomic mass is 9.35. The lowest BCUT2D eigenvalue weighted by Gasteiger charge is -2.68. The van der Waals surface area contributed by atoms with E-state index in [4.69, 9.17) is 4.74 Å². The van der Waals surface area contributed by atoms with E-state index in [1.165, 1.54) is 25.7 Å². The molecule has 196 valence electrons. The SMILES string of the molecule is CC(=O)O[C@H]1CC[C@]2(C)C3=CC[C@@]4(C)[C@@H]5C(=O)C[C@H](C(C)C)[C@@]5(C)CC[C@]4(C)[C@H]3CC[C@H]2C1(C)C. The molecule has 9 atom stereocenters. The van der Waals surface area contributed by atoms with Gasteiger partial charge < -0.3 is 4.74 Å². The Morgan fingerprint density at radius 2 is 1.66 bits per heavy atom. The van der Waals surface area contributed by atoms with Gasteiger partial charge in [-0.1, -0.05) is 67.0 Å². The van der Waals surface area contributed by atoms with E-state index >= 15 is 0 Å². The minimum Gasteiger partial charge on any atom is -0.462 e. The molecule has 3 nitrogen and oxygen atoms in total. The van der Waals surface area contributed by atoms with Gasteiger partial charge in [-0.25, -0.2) is 0 Å². The van der Waals surface area contributed by atoms with E-state index in [-0.39, 0.29) is 45.1 Å². The van der Waals surface area contributed by atoms with E-state index in [9.17, 15) is 9.59 Å². The van der Waals surface area contributed by atoms with E-state index < -0.39 is 0 Å². The summed E-state index contributed by atoms with van der Waals surface area (Å²) in [6, 6.07) is 0. The fourth-order valence-corrected chi connectivity index (χ4v) is 11.3. The van der Waals surface area contributed by atoms with Crippen LogP contribution >= 0.6 is 0 Å². The van der Waals surface area contributed by atoms with Crippen molar-refractivity contribution >= 4 is 11.8 Å². The van der Waals surface area contributed by atoms with Gasteiger partial charge in [0.05, 0.1) is 0 Å². The van der Waals surface area contributed by atoms with E-state index in [2.05, 4.69) is 61.5 Å². The van der Waals surface area contributed by atoms with E-state index in [0.717, 1.165) is 25.7 Å². The number of ether oxygens (including phenoxy) is 1. The summed E-state index contributed by atoms with van der Waals surface area (Å²) in [6.07, 6.45) is 11.4. The molecule has 0 heterocycles. The number of fused-ring (bicyclic) bond motifs is 7.